The highest BCUT2D eigenvalue weighted by atomic mass is 16.5. The molecule has 0 unspecified atom stereocenters. The quantitative estimate of drug-likeness (QED) is 0.802. The Kier molecular flexibility index (Phi) is 5.84. The van der Waals surface area contributed by atoms with E-state index in [-0.39, 0.29) is 12.2 Å². The summed E-state index contributed by atoms with van der Waals surface area (Å²) in [5, 5.41) is 10.4. The van der Waals surface area contributed by atoms with Crippen molar-refractivity contribution in [2.75, 3.05) is 0 Å². The third-order valence-electron chi connectivity index (χ3n) is 4.79. The van der Waals surface area contributed by atoms with Gasteiger partial charge >= 0.3 is 0 Å². The second-order valence-corrected chi connectivity index (χ2v) is 6.65. The molecule has 3 atom stereocenters. The third-order valence-corrected chi connectivity index (χ3v) is 4.79. The molecule has 0 aliphatic carbocycles. The van der Waals surface area contributed by atoms with Gasteiger partial charge in [0.2, 0.25) is 0 Å². The van der Waals surface area contributed by atoms with Crippen LogP contribution in [0.15, 0.2) is 72.8 Å². The van der Waals surface area contributed by atoms with Crippen LogP contribution in [0.1, 0.15) is 30.4 Å². The molecule has 126 valence electrons. The normalized spacial score (nSPS) is 24.0. The number of aryl methyl sites for hydroxylation is 2. The first-order valence-electron chi connectivity index (χ1n) is 8.81. The molecule has 2 aromatic rings. The van der Waals surface area contributed by atoms with E-state index in [9.17, 15) is 5.11 Å². The largest absolute Gasteiger partial charge is 0.386 e. The van der Waals surface area contributed by atoms with Gasteiger partial charge in [-0.05, 0) is 48.8 Å². The Morgan fingerprint density at radius 1 is 0.875 bits per heavy atom. The number of rotatable bonds is 6. The van der Waals surface area contributed by atoms with E-state index in [0.717, 1.165) is 37.7 Å². The molecule has 3 rings (SSSR count). The maximum atomic E-state index is 10.4. The number of hydrogen-bond acceptors (Lipinski definition) is 2. The summed E-state index contributed by atoms with van der Waals surface area (Å²) in [6.07, 6.45) is 3.94. The van der Waals surface area contributed by atoms with Crippen molar-refractivity contribution in [2.24, 2.45) is 0 Å². The molecule has 1 N–H and O–H groups in total. The summed E-state index contributed by atoms with van der Waals surface area (Å²) in [6.45, 7) is 4.08. The molecule has 0 spiro atoms. The van der Waals surface area contributed by atoms with Gasteiger partial charge in [-0.2, -0.15) is 0 Å². The summed E-state index contributed by atoms with van der Waals surface area (Å²) in [6, 6.07) is 20.9. The second kappa shape index (κ2) is 8.27. The van der Waals surface area contributed by atoms with Crippen LogP contribution in [0.5, 0.6) is 0 Å². The molecule has 2 heteroatoms. The fourth-order valence-corrected chi connectivity index (χ4v) is 3.37. The maximum Gasteiger partial charge on any atom is 0.101 e. The van der Waals surface area contributed by atoms with E-state index in [1.54, 1.807) is 0 Å². The van der Waals surface area contributed by atoms with E-state index in [1.807, 2.05) is 12.1 Å². The summed E-state index contributed by atoms with van der Waals surface area (Å²) in [5.41, 5.74) is 3.53. The summed E-state index contributed by atoms with van der Waals surface area (Å²) >= 11 is 0. The molecule has 2 nitrogen and oxygen atoms in total. The van der Waals surface area contributed by atoms with Crippen LogP contribution in [-0.4, -0.2) is 23.4 Å². The van der Waals surface area contributed by atoms with Crippen molar-refractivity contribution in [3.8, 4) is 0 Å². The van der Waals surface area contributed by atoms with Crippen molar-refractivity contribution in [3.05, 3.63) is 83.9 Å². The SMILES string of the molecule is C=C1C[C@H](CCc2ccccc2)O[C@H](CCc2ccccc2)[C@H]1O. The number of aliphatic hydroxyl groups is 1. The summed E-state index contributed by atoms with van der Waals surface area (Å²) in [5.74, 6) is 0. The molecule has 2 aromatic carbocycles. The monoisotopic (exact) mass is 322 g/mol. The lowest BCUT2D eigenvalue weighted by molar-refractivity contribution is -0.0956. The van der Waals surface area contributed by atoms with Crippen molar-refractivity contribution in [2.45, 2.75) is 50.4 Å². The van der Waals surface area contributed by atoms with E-state index in [4.69, 9.17) is 4.74 Å². The van der Waals surface area contributed by atoms with Crippen LogP contribution in [-0.2, 0) is 17.6 Å². The number of ether oxygens (including phenoxy) is 1. The maximum absolute atomic E-state index is 10.4. The minimum absolute atomic E-state index is 0.146. The zero-order valence-corrected chi connectivity index (χ0v) is 14.1. The molecule has 1 aliphatic rings. The second-order valence-electron chi connectivity index (χ2n) is 6.65. The molecule has 0 aromatic heterocycles. The molecule has 0 radical (unpaired) electrons. The Morgan fingerprint density at radius 2 is 1.42 bits per heavy atom. The lowest BCUT2D eigenvalue weighted by Gasteiger charge is -2.36. The predicted octanol–water partition coefficient (Wildman–Crippen LogP) is 4.33. The highest BCUT2D eigenvalue weighted by Crippen LogP contribution is 2.29. The van der Waals surface area contributed by atoms with E-state index in [0.29, 0.717) is 0 Å². The van der Waals surface area contributed by atoms with Gasteiger partial charge in [-0.1, -0.05) is 67.2 Å². The number of hydrogen-bond donors (Lipinski definition) is 1. The third kappa shape index (κ3) is 4.56. The van der Waals surface area contributed by atoms with Gasteiger partial charge in [0.15, 0.2) is 0 Å². The average molecular weight is 322 g/mol. The Bertz CT molecular complexity index is 636. The fraction of sp³-hybridized carbons (Fsp3) is 0.364. The molecule has 1 saturated heterocycles. The van der Waals surface area contributed by atoms with Crippen molar-refractivity contribution in [1.29, 1.82) is 0 Å². The summed E-state index contributed by atoms with van der Waals surface area (Å²) in [4.78, 5) is 0. The van der Waals surface area contributed by atoms with Crippen molar-refractivity contribution in [3.63, 3.8) is 0 Å². The Morgan fingerprint density at radius 3 is 2.00 bits per heavy atom. The van der Waals surface area contributed by atoms with Gasteiger partial charge in [-0.15, -0.1) is 0 Å². The zero-order valence-electron chi connectivity index (χ0n) is 14.1. The van der Waals surface area contributed by atoms with Crippen LogP contribution in [0.4, 0.5) is 0 Å². The standard InChI is InChI=1S/C22H26O2/c1-17-16-20(14-12-18-8-4-2-5-9-18)24-21(22(17)23)15-13-19-10-6-3-7-11-19/h2-11,20-23H,1,12-16H2/t20-,21+,22-/m0/s1. The predicted molar refractivity (Wildman–Crippen MR) is 98.0 cm³/mol. The lowest BCUT2D eigenvalue weighted by atomic mass is 9.90. The van der Waals surface area contributed by atoms with Gasteiger partial charge in [0.1, 0.15) is 6.10 Å². The highest BCUT2D eigenvalue weighted by Gasteiger charge is 2.31. The number of benzene rings is 2. The van der Waals surface area contributed by atoms with E-state index in [1.165, 1.54) is 11.1 Å². The molecule has 0 saturated carbocycles. The minimum Gasteiger partial charge on any atom is -0.386 e. The molecule has 1 heterocycles. The first-order valence-corrected chi connectivity index (χ1v) is 8.81. The van der Waals surface area contributed by atoms with Gasteiger partial charge in [0.25, 0.3) is 0 Å². The molecule has 1 fully saturated rings. The smallest absolute Gasteiger partial charge is 0.101 e. The van der Waals surface area contributed by atoms with Crippen molar-refractivity contribution in [1.82, 2.24) is 0 Å². The van der Waals surface area contributed by atoms with Crippen LogP contribution >= 0.6 is 0 Å². The Hall–Kier alpha value is -1.90. The molecule has 0 bridgehead atoms. The summed E-state index contributed by atoms with van der Waals surface area (Å²) < 4.78 is 6.20. The number of aliphatic hydroxyl groups excluding tert-OH is 1. The van der Waals surface area contributed by atoms with Crippen LogP contribution in [0.2, 0.25) is 0 Å². The topological polar surface area (TPSA) is 29.5 Å². The van der Waals surface area contributed by atoms with E-state index >= 15 is 0 Å². The fourth-order valence-electron chi connectivity index (χ4n) is 3.37. The molecule has 24 heavy (non-hydrogen) atoms. The zero-order chi connectivity index (χ0) is 16.8. The van der Waals surface area contributed by atoms with Crippen LogP contribution in [0.25, 0.3) is 0 Å². The molecule has 1 aliphatic heterocycles. The van der Waals surface area contributed by atoms with Gasteiger partial charge in [-0.25, -0.2) is 0 Å². The lowest BCUT2D eigenvalue weighted by Crippen LogP contribution is -2.40. The van der Waals surface area contributed by atoms with E-state index < -0.39 is 6.10 Å². The van der Waals surface area contributed by atoms with Gasteiger partial charge < -0.3 is 9.84 Å². The summed E-state index contributed by atoms with van der Waals surface area (Å²) in [7, 11) is 0. The molecular weight excluding hydrogens is 296 g/mol. The minimum atomic E-state index is -0.540. The van der Waals surface area contributed by atoms with Gasteiger partial charge in [0.05, 0.1) is 12.2 Å². The van der Waals surface area contributed by atoms with Gasteiger partial charge in [-0.3, -0.25) is 0 Å². The van der Waals surface area contributed by atoms with Crippen LogP contribution in [0, 0.1) is 0 Å². The van der Waals surface area contributed by atoms with Crippen LogP contribution in [0.3, 0.4) is 0 Å². The Labute approximate surface area is 144 Å². The molecular formula is C22H26O2. The van der Waals surface area contributed by atoms with Crippen LogP contribution < -0.4 is 0 Å². The van der Waals surface area contributed by atoms with Gasteiger partial charge in [0, 0.05) is 0 Å². The highest BCUT2D eigenvalue weighted by molar-refractivity contribution is 5.17. The first-order chi connectivity index (χ1) is 11.7. The van der Waals surface area contributed by atoms with E-state index in [2.05, 4.69) is 55.1 Å². The van der Waals surface area contributed by atoms with Crippen molar-refractivity contribution >= 4 is 0 Å². The first kappa shape index (κ1) is 16.9. The Balaban J connectivity index is 1.54. The van der Waals surface area contributed by atoms with Crippen molar-refractivity contribution < 1.29 is 9.84 Å². The molecule has 0 amide bonds. The average Bonchev–Trinajstić information content (AvgIpc) is 2.63.